The summed E-state index contributed by atoms with van der Waals surface area (Å²) >= 11 is 0. The second-order valence-electron chi connectivity index (χ2n) is 5.94. The van der Waals surface area contributed by atoms with Crippen molar-refractivity contribution in [3.8, 4) is 5.75 Å². The molecule has 3 heteroatoms. The molecule has 3 heterocycles. The number of benzene rings is 1. The normalized spacial score (nSPS) is 37.8. The third-order valence-electron chi connectivity index (χ3n) is 5.06. The zero-order chi connectivity index (χ0) is 12.2. The number of aliphatic hydroxyl groups excluding tert-OH is 1. The lowest BCUT2D eigenvalue weighted by molar-refractivity contribution is 0.0720. The number of fused-ring (bicyclic) bond motifs is 5. The van der Waals surface area contributed by atoms with E-state index in [2.05, 4.69) is 23.1 Å². The second kappa shape index (κ2) is 3.72. The molecule has 18 heavy (non-hydrogen) atoms. The van der Waals surface area contributed by atoms with Gasteiger partial charge in [-0.05, 0) is 31.9 Å². The summed E-state index contributed by atoms with van der Waals surface area (Å²) in [7, 11) is 0. The lowest BCUT2D eigenvalue weighted by atomic mass is 9.86. The minimum Gasteiger partial charge on any atom is -0.493 e. The van der Waals surface area contributed by atoms with Crippen LogP contribution in [0.3, 0.4) is 0 Å². The largest absolute Gasteiger partial charge is 0.493 e. The van der Waals surface area contributed by atoms with Crippen molar-refractivity contribution >= 4 is 0 Å². The summed E-state index contributed by atoms with van der Waals surface area (Å²) in [6, 6.07) is 8.86. The van der Waals surface area contributed by atoms with Crippen LogP contribution in [0.1, 0.15) is 30.9 Å². The zero-order valence-corrected chi connectivity index (χ0v) is 10.5. The van der Waals surface area contributed by atoms with E-state index < -0.39 is 0 Å². The maximum Gasteiger partial charge on any atom is 0.124 e. The Balaban J connectivity index is 1.80. The first-order chi connectivity index (χ1) is 8.84. The maximum absolute atomic E-state index is 9.84. The van der Waals surface area contributed by atoms with Crippen LogP contribution in [0, 0.1) is 5.92 Å². The lowest BCUT2D eigenvalue weighted by Crippen LogP contribution is -2.42. The summed E-state index contributed by atoms with van der Waals surface area (Å²) in [5.41, 5.74) is 1.36. The molecule has 0 radical (unpaired) electrons. The first-order valence-electron chi connectivity index (χ1n) is 6.93. The molecule has 3 nitrogen and oxygen atoms in total. The Hall–Kier alpha value is -1.06. The molecule has 0 amide bonds. The molecule has 0 bridgehead atoms. The Labute approximate surface area is 107 Å². The summed E-state index contributed by atoms with van der Waals surface area (Å²) in [4.78, 5) is 2.55. The Kier molecular flexibility index (Phi) is 2.24. The van der Waals surface area contributed by atoms with E-state index in [9.17, 15) is 5.11 Å². The van der Waals surface area contributed by atoms with Gasteiger partial charge in [0, 0.05) is 23.1 Å². The molecule has 1 aromatic rings. The Morgan fingerprint density at radius 3 is 3.17 bits per heavy atom. The molecule has 0 aliphatic carbocycles. The van der Waals surface area contributed by atoms with Crippen LogP contribution < -0.4 is 4.74 Å². The Bertz CT molecular complexity index is 475. The van der Waals surface area contributed by atoms with Crippen molar-refractivity contribution in [2.24, 2.45) is 5.92 Å². The van der Waals surface area contributed by atoms with Crippen LogP contribution in [0.25, 0.3) is 0 Å². The fourth-order valence-corrected chi connectivity index (χ4v) is 4.33. The smallest absolute Gasteiger partial charge is 0.124 e. The molecule has 3 aliphatic heterocycles. The van der Waals surface area contributed by atoms with Crippen molar-refractivity contribution in [1.82, 2.24) is 4.90 Å². The quantitative estimate of drug-likeness (QED) is 0.821. The van der Waals surface area contributed by atoms with E-state index in [0.29, 0.717) is 18.6 Å². The molecular formula is C15H19NO2. The van der Waals surface area contributed by atoms with E-state index in [1.807, 2.05) is 6.07 Å². The number of ether oxygens (including phenoxy) is 1. The van der Waals surface area contributed by atoms with E-state index in [4.69, 9.17) is 4.74 Å². The van der Waals surface area contributed by atoms with Gasteiger partial charge in [0.15, 0.2) is 0 Å². The highest BCUT2D eigenvalue weighted by Gasteiger charge is 2.55. The van der Waals surface area contributed by atoms with E-state index in [1.54, 1.807) is 0 Å². The van der Waals surface area contributed by atoms with E-state index in [0.717, 1.165) is 31.7 Å². The van der Waals surface area contributed by atoms with E-state index >= 15 is 0 Å². The molecule has 1 aromatic carbocycles. The molecule has 3 aliphatic rings. The van der Waals surface area contributed by atoms with Gasteiger partial charge in [-0.3, -0.25) is 4.90 Å². The molecule has 4 rings (SSSR count). The molecule has 3 atom stereocenters. The van der Waals surface area contributed by atoms with Gasteiger partial charge in [0.2, 0.25) is 0 Å². The van der Waals surface area contributed by atoms with Gasteiger partial charge in [0.05, 0.1) is 13.2 Å². The summed E-state index contributed by atoms with van der Waals surface area (Å²) in [5.74, 6) is 1.59. The van der Waals surface area contributed by atoms with Gasteiger partial charge < -0.3 is 9.84 Å². The first-order valence-corrected chi connectivity index (χ1v) is 6.93. The molecule has 96 valence electrons. The average Bonchev–Trinajstić information content (AvgIpc) is 2.94. The number of aliphatic hydroxyl groups is 1. The lowest BCUT2D eigenvalue weighted by Gasteiger charge is -2.36. The van der Waals surface area contributed by atoms with Crippen molar-refractivity contribution in [3.05, 3.63) is 29.8 Å². The van der Waals surface area contributed by atoms with Crippen LogP contribution in [-0.4, -0.2) is 35.3 Å². The highest BCUT2D eigenvalue weighted by Crippen LogP contribution is 2.54. The summed E-state index contributed by atoms with van der Waals surface area (Å²) in [6.07, 6.45) is 3.44. The fourth-order valence-electron chi connectivity index (χ4n) is 4.33. The van der Waals surface area contributed by atoms with Gasteiger partial charge >= 0.3 is 0 Å². The van der Waals surface area contributed by atoms with Gasteiger partial charge in [-0.15, -0.1) is 0 Å². The first kappa shape index (κ1) is 10.8. The predicted molar refractivity (Wildman–Crippen MR) is 68.5 cm³/mol. The van der Waals surface area contributed by atoms with Crippen LogP contribution in [-0.2, 0) is 0 Å². The average molecular weight is 245 g/mol. The number of rotatable bonds is 1. The molecule has 0 aromatic heterocycles. The highest BCUT2D eigenvalue weighted by atomic mass is 16.5. The van der Waals surface area contributed by atoms with E-state index in [1.165, 1.54) is 12.0 Å². The molecular weight excluding hydrogens is 226 g/mol. The minimum absolute atomic E-state index is 0.0378. The number of hydrogen-bond acceptors (Lipinski definition) is 3. The Morgan fingerprint density at radius 1 is 1.39 bits per heavy atom. The number of para-hydroxylation sites is 1. The van der Waals surface area contributed by atoms with Crippen molar-refractivity contribution < 1.29 is 9.84 Å². The van der Waals surface area contributed by atoms with Crippen LogP contribution in [0.15, 0.2) is 24.3 Å². The second-order valence-corrected chi connectivity index (χ2v) is 5.94. The monoisotopic (exact) mass is 245 g/mol. The number of hydrogen-bond donors (Lipinski definition) is 1. The van der Waals surface area contributed by atoms with Gasteiger partial charge in [-0.25, -0.2) is 0 Å². The van der Waals surface area contributed by atoms with Gasteiger partial charge in [0.25, 0.3) is 0 Å². The third-order valence-corrected chi connectivity index (χ3v) is 5.06. The molecule has 1 N–H and O–H groups in total. The third kappa shape index (κ3) is 1.26. The topological polar surface area (TPSA) is 32.7 Å². The standard InChI is InChI=1S/C15H19NO2/c17-10-15-6-3-7-16(15)14-11(8-15)9-18-13-5-2-1-4-12(13)14/h1-2,4-5,11,14,17H,3,6-10H2/t11-,14?,15?/m0/s1. The SMILES string of the molecule is OCC12CCCN1C1c3ccccc3OC[C@@H]1C2. The fraction of sp³-hybridized carbons (Fsp3) is 0.600. The van der Waals surface area contributed by atoms with Crippen LogP contribution in [0.4, 0.5) is 0 Å². The minimum atomic E-state index is 0.0378. The van der Waals surface area contributed by atoms with Crippen molar-refractivity contribution in [1.29, 1.82) is 0 Å². The van der Waals surface area contributed by atoms with Crippen LogP contribution in [0.5, 0.6) is 5.75 Å². The van der Waals surface area contributed by atoms with E-state index in [-0.39, 0.29) is 5.54 Å². The Morgan fingerprint density at radius 2 is 2.28 bits per heavy atom. The van der Waals surface area contributed by atoms with Gasteiger partial charge in [0.1, 0.15) is 5.75 Å². The molecule has 2 saturated heterocycles. The number of nitrogens with zero attached hydrogens (tertiary/aromatic N) is 1. The molecule has 0 saturated carbocycles. The maximum atomic E-state index is 9.84. The van der Waals surface area contributed by atoms with Gasteiger partial charge in [-0.1, -0.05) is 18.2 Å². The molecule has 2 unspecified atom stereocenters. The highest BCUT2D eigenvalue weighted by molar-refractivity contribution is 5.40. The van der Waals surface area contributed by atoms with Crippen molar-refractivity contribution in [2.75, 3.05) is 19.8 Å². The summed E-state index contributed by atoms with van der Waals surface area (Å²) in [6.45, 7) is 2.22. The van der Waals surface area contributed by atoms with Crippen LogP contribution >= 0.6 is 0 Å². The van der Waals surface area contributed by atoms with Crippen LogP contribution in [0.2, 0.25) is 0 Å². The van der Waals surface area contributed by atoms with Crippen molar-refractivity contribution in [3.63, 3.8) is 0 Å². The summed E-state index contributed by atoms with van der Waals surface area (Å²) in [5, 5.41) is 9.84. The summed E-state index contributed by atoms with van der Waals surface area (Å²) < 4.78 is 5.88. The predicted octanol–water partition coefficient (Wildman–Crippen LogP) is 1.97. The van der Waals surface area contributed by atoms with Crippen molar-refractivity contribution in [2.45, 2.75) is 30.8 Å². The molecule has 2 fully saturated rings. The van der Waals surface area contributed by atoms with Gasteiger partial charge in [-0.2, -0.15) is 0 Å². The molecule has 0 spiro atoms. The zero-order valence-electron chi connectivity index (χ0n) is 10.5.